The van der Waals surface area contributed by atoms with Crippen molar-refractivity contribution in [2.24, 2.45) is 0 Å². The van der Waals surface area contributed by atoms with Crippen LogP contribution in [0.1, 0.15) is 0 Å². The Bertz CT molecular complexity index is 457. The maximum atomic E-state index is 11.9. The summed E-state index contributed by atoms with van der Waals surface area (Å²) in [5.41, 5.74) is 0.617. The van der Waals surface area contributed by atoms with Gasteiger partial charge in [0.05, 0.1) is 37.7 Å². The van der Waals surface area contributed by atoms with Gasteiger partial charge in [0, 0.05) is 25.7 Å². The average Bonchev–Trinajstić information content (AvgIpc) is 2.42. The van der Waals surface area contributed by atoms with Gasteiger partial charge in [0.2, 0.25) is 0 Å². The number of morpholine rings is 1. The van der Waals surface area contributed by atoms with Crippen LogP contribution in [0.2, 0.25) is 0 Å². The van der Waals surface area contributed by atoms with Gasteiger partial charge in [-0.3, -0.25) is 4.79 Å². The standard InChI is InChI=1S/C12H20N4O3/c1-13-8-11(17)9-16-12(18)6-10(7-14-16)15-2-4-19-5-3-15/h6-7,11,13,17H,2-5,8-9H2,1H3. The second-order valence-electron chi connectivity index (χ2n) is 4.55. The normalized spacial score (nSPS) is 17.5. The van der Waals surface area contributed by atoms with Crippen molar-refractivity contribution in [1.82, 2.24) is 15.1 Å². The van der Waals surface area contributed by atoms with Gasteiger partial charge < -0.3 is 20.1 Å². The van der Waals surface area contributed by atoms with Crippen molar-refractivity contribution in [3.8, 4) is 0 Å². The lowest BCUT2D eigenvalue weighted by molar-refractivity contribution is 0.122. The van der Waals surface area contributed by atoms with Crippen molar-refractivity contribution in [2.75, 3.05) is 44.8 Å². The number of aliphatic hydroxyl groups is 1. The highest BCUT2D eigenvalue weighted by Gasteiger charge is 2.13. The monoisotopic (exact) mass is 268 g/mol. The first kappa shape index (κ1) is 14.0. The van der Waals surface area contributed by atoms with Crippen molar-refractivity contribution >= 4 is 5.69 Å². The van der Waals surface area contributed by atoms with Crippen LogP contribution in [0.25, 0.3) is 0 Å². The van der Waals surface area contributed by atoms with E-state index in [1.54, 1.807) is 19.3 Å². The highest BCUT2D eigenvalue weighted by atomic mass is 16.5. The van der Waals surface area contributed by atoms with Crippen LogP contribution < -0.4 is 15.8 Å². The fraction of sp³-hybridized carbons (Fsp3) is 0.667. The molecule has 2 heterocycles. The molecule has 19 heavy (non-hydrogen) atoms. The molecule has 1 aromatic heterocycles. The second-order valence-corrected chi connectivity index (χ2v) is 4.55. The van der Waals surface area contributed by atoms with E-state index in [1.807, 2.05) is 0 Å². The molecule has 0 aliphatic carbocycles. The Morgan fingerprint density at radius 3 is 2.89 bits per heavy atom. The molecule has 106 valence electrons. The zero-order valence-electron chi connectivity index (χ0n) is 11.1. The smallest absolute Gasteiger partial charge is 0.268 e. The third-order valence-corrected chi connectivity index (χ3v) is 3.05. The summed E-state index contributed by atoms with van der Waals surface area (Å²) in [4.78, 5) is 14.0. The minimum atomic E-state index is -0.621. The van der Waals surface area contributed by atoms with Crippen molar-refractivity contribution in [1.29, 1.82) is 0 Å². The lowest BCUT2D eigenvalue weighted by Gasteiger charge is -2.28. The van der Waals surface area contributed by atoms with Crippen molar-refractivity contribution < 1.29 is 9.84 Å². The van der Waals surface area contributed by atoms with E-state index in [0.717, 1.165) is 18.8 Å². The van der Waals surface area contributed by atoms with Gasteiger partial charge in [-0.25, -0.2) is 4.68 Å². The maximum absolute atomic E-state index is 11.9. The van der Waals surface area contributed by atoms with Crippen molar-refractivity contribution in [2.45, 2.75) is 12.6 Å². The molecule has 1 aliphatic rings. The van der Waals surface area contributed by atoms with Crippen molar-refractivity contribution in [3.63, 3.8) is 0 Å². The first-order valence-corrected chi connectivity index (χ1v) is 6.43. The Hall–Kier alpha value is -1.44. The molecule has 1 saturated heterocycles. The van der Waals surface area contributed by atoms with E-state index >= 15 is 0 Å². The van der Waals surface area contributed by atoms with Gasteiger partial charge in [-0.1, -0.05) is 0 Å². The molecule has 1 unspecified atom stereocenters. The molecule has 1 aromatic rings. The summed E-state index contributed by atoms with van der Waals surface area (Å²) in [6.45, 7) is 3.51. The highest BCUT2D eigenvalue weighted by molar-refractivity contribution is 5.43. The maximum Gasteiger partial charge on any atom is 0.268 e. The molecule has 0 amide bonds. The highest BCUT2D eigenvalue weighted by Crippen LogP contribution is 2.11. The Morgan fingerprint density at radius 1 is 1.53 bits per heavy atom. The Kier molecular flexibility index (Phi) is 4.89. The van der Waals surface area contributed by atoms with E-state index in [2.05, 4.69) is 15.3 Å². The van der Waals surface area contributed by atoms with Gasteiger partial charge in [0.15, 0.2) is 0 Å². The predicted octanol–water partition coefficient (Wildman–Crippen LogP) is -1.34. The molecule has 0 bridgehead atoms. The largest absolute Gasteiger partial charge is 0.390 e. The van der Waals surface area contributed by atoms with Crippen LogP contribution in [0.4, 0.5) is 5.69 Å². The molecule has 2 rings (SSSR count). The zero-order valence-corrected chi connectivity index (χ0v) is 11.1. The van der Waals surface area contributed by atoms with Gasteiger partial charge in [0.1, 0.15) is 0 Å². The average molecular weight is 268 g/mol. The van der Waals surface area contributed by atoms with Crippen LogP contribution in [0, 0.1) is 0 Å². The molecule has 0 radical (unpaired) electrons. The molecule has 2 N–H and O–H groups in total. The Morgan fingerprint density at radius 2 is 2.26 bits per heavy atom. The summed E-state index contributed by atoms with van der Waals surface area (Å²) in [6.07, 6.45) is 1.04. The molecule has 0 spiro atoms. The van der Waals surface area contributed by atoms with E-state index in [0.29, 0.717) is 19.8 Å². The van der Waals surface area contributed by atoms with Crippen LogP contribution >= 0.6 is 0 Å². The predicted molar refractivity (Wildman–Crippen MR) is 71.5 cm³/mol. The minimum absolute atomic E-state index is 0.195. The molecule has 1 atom stereocenters. The topological polar surface area (TPSA) is 79.6 Å². The third-order valence-electron chi connectivity index (χ3n) is 3.05. The second kappa shape index (κ2) is 6.65. The molecule has 1 aliphatic heterocycles. The van der Waals surface area contributed by atoms with Crippen LogP contribution in [0.5, 0.6) is 0 Å². The van der Waals surface area contributed by atoms with Crippen LogP contribution in [-0.2, 0) is 11.3 Å². The van der Waals surface area contributed by atoms with Crippen LogP contribution in [0.15, 0.2) is 17.1 Å². The first-order chi connectivity index (χ1) is 9.20. The van der Waals surface area contributed by atoms with E-state index in [-0.39, 0.29) is 12.1 Å². The zero-order chi connectivity index (χ0) is 13.7. The number of ether oxygens (including phenoxy) is 1. The van der Waals surface area contributed by atoms with Crippen LogP contribution in [-0.4, -0.2) is 60.9 Å². The number of hydrogen-bond acceptors (Lipinski definition) is 6. The third kappa shape index (κ3) is 3.76. The van der Waals surface area contributed by atoms with E-state index in [1.165, 1.54) is 4.68 Å². The number of rotatable bonds is 5. The molecule has 0 saturated carbocycles. The first-order valence-electron chi connectivity index (χ1n) is 6.43. The number of aromatic nitrogens is 2. The summed E-state index contributed by atoms with van der Waals surface area (Å²) in [5, 5.41) is 16.6. The summed E-state index contributed by atoms with van der Waals surface area (Å²) >= 11 is 0. The summed E-state index contributed by atoms with van der Waals surface area (Å²) in [7, 11) is 1.75. The van der Waals surface area contributed by atoms with E-state index in [4.69, 9.17) is 4.74 Å². The summed E-state index contributed by atoms with van der Waals surface area (Å²) < 4.78 is 6.55. The Balaban J connectivity index is 2.06. The molecular formula is C12H20N4O3. The van der Waals surface area contributed by atoms with Gasteiger partial charge in [-0.15, -0.1) is 0 Å². The van der Waals surface area contributed by atoms with Crippen LogP contribution in [0.3, 0.4) is 0 Å². The fourth-order valence-electron chi connectivity index (χ4n) is 2.06. The lowest BCUT2D eigenvalue weighted by Crippen LogP contribution is -2.38. The molecule has 1 fully saturated rings. The minimum Gasteiger partial charge on any atom is -0.390 e. The SMILES string of the molecule is CNCC(O)Cn1ncc(N2CCOCC2)cc1=O. The lowest BCUT2D eigenvalue weighted by atomic mass is 10.3. The molecular weight excluding hydrogens is 248 g/mol. The van der Waals surface area contributed by atoms with Crippen molar-refractivity contribution in [3.05, 3.63) is 22.6 Å². The van der Waals surface area contributed by atoms with Gasteiger partial charge in [-0.2, -0.15) is 5.10 Å². The van der Waals surface area contributed by atoms with Gasteiger partial charge in [0.25, 0.3) is 5.56 Å². The molecule has 7 nitrogen and oxygen atoms in total. The fourth-order valence-corrected chi connectivity index (χ4v) is 2.06. The summed E-state index contributed by atoms with van der Waals surface area (Å²) in [5.74, 6) is 0. The number of nitrogens with one attached hydrogen (secondary N) is 1. The van der Waals surface area contributed by atoms with Gasteiger partial charge in [-0.05, 0) is 7.05 Å². The number of nitrogens with zero attached hydrogens (tertiary/aromatic N) is 3. The number of likely N-dealkylation sites (N-methyl/N-ethyl adjacent to an activating group) is 1. The number of hydrogen-bond donors (Lipinski definition) is 2. The quantitative estimate of drug-likeness (QED) is 0.688. The molecule has 7 heteroatoms. The Labute approximate surface area is 111 Å². The number of aliphatic hydroxyl groups excluding tert-OH is 1. The molecule has 0 aromatic carbocycles. The van der Waals surface area contributed by atoms with Gasteiger partial charge >= 0.3 is 0 Å². The number of anilines is 1. The van der Waals surface area contributed by atoms with E-state index in [9.17, 15) is 9.90 Å². The summed E-state index contributed by atoms with van der Waals surface area (Å²) in [6, 6.07) is 1.56. The van der Waals surface area contributed by atoms with E-state index < -0.39 is 6.10 Å².